The molecule has 0 aromatic heterocycles. The van der Waals surface area contributed by atoms with Crippen LogP contribution in [0.3, 0.4) is 0 Å². The monoisotopic (exact) mass is 426 g/mol. The number of hydrogen-bond acceptors (Lipinski definition) is 6. The van der Waals surface area contributed by atoms with E-state index >= 15 is 0 Å². The van der Waals surface area contributed by atoms with Gasteiger partial charge in [0.25, 0.3) is 0 Å². The van der Waals surface area contributed by atoms with Crippen molar-refractivity contribution >= 4 is 11.9 Å². The highest BCUT2D eigenvalue weighted by atomic mass is 16.5. The Morgan fingerprint density at radius 3 is 2.61 bits per heavy atom. The molecule has 7 heteroatoms. The van der Waals surface area contributed by atoms with Crippen molar-refractivity contribution in [2.45, 2.75) is 31.8 Å². The molecule has 2 aromatic rings. The summed E-state index contributed by atoms with van der Waals surface area (Å²) in [5, 5.41) is 14.4. The van der Waals surface area contributed by atoms with Gasteiger partial charge in [0.1, 0.15) is 5.75 Å². The number of aliphatic hydroxyl groups excluding tert-OH is 1. The van der Waals surface area contributed by atoms with E-state index in [9.17, 15) is 14.7 Å². The Kier molecular flexibility index (Phi) is 8.03. The summed E-state index contributed by atoms with van der Waals surface area (Å²) in [6.07, 6.45) is 1.93. The number of hydrogen-bond donors (Lipinski definition) is 1. The van der Waals surface area contributed by atoms with Crippen LogP contribution in [-0.2, 0) is 16.0 Å². The number of hydrazine groups is 1. The average molecular weight is 427 g/mol. The van der Waals surface area contributed by atoms with Gasteiger partial charge in [-0.25, -0.2) is 9.80 Å². The minimum absolute atomic E-state index is 0.105. The summed E-state index contributed by atoms with van der Waals surface area (Å²) in [4.78, 5) is 24.1. The number of carbonyl (C=O) groups is 2. The third kappa shape index (κ3) is 6.06. The lowest BCUT2D eigenvalue weighted by molar-refractivity contribution is -0.156. The Bertz CT molecular complexity index is 884. The zero-order valence-electron chi connectivity index (χ0n) is 18.1. The van der Waals surface area contributed by atoms with E-state index < -0.39 is 6.10 Å². The molecule has 1 saturated heterocycles. The van der Waals surface area contributed by atoms with E-state index in [0.717, 1.165) is 24.1 Å². The number of esters is 1. The number of carbonyl (C=O) groups excluding carboxylic acids is 2. The van der Waals surface area contributed by atoms with Crippen LogP contribution in [0.15, 0.2) is 48.5 Å². The minimum atomic E-state index is -0.625. The van der Waals surface area contributed by atoms with Gasteiger partial charge in [-0.05, 0) is 54.7 Å². The van der Waals surface area contributed by atoms with E-state index in [1.807, 2.05) is 41.4 Å². The van der Waals surface area contributed by atoms with Gasteiger partial charge in [-0.15, -0.1) is 0 Å². The Morgan fingerprint density at radius 2 is 1.90 bits per heavy atom. The third-order valence-corrected chi connectivity index (χ3v) is 5.56. The maximum absolute atomic E-state index is 12.6. The topological polar surface area (TPSA) is 79.3 Å². The summed E-state index contributed by atoms with van der Waals surface area (Å²) in [7, 11) is 2.96. The molecule has 1 amide bonds. The highest BCUT2D eigenvalue weighted by molar-refractivity contribution is 5.89. The van der Waals surface area contributed by atoms with Crippen molar-refractivity contribution < 1.29 is 24.2 Å². The van der Waals surface area contributed by atoms with Crippen LogP contribution in [0.25, 0.3) is 0 Å². The van der Waals surface area contributed by atoms with Crippen LogP contribution in [0.2, 0.25) is 0 Å². The average Bonchev–Trinajstić information content (AvgIpc) is 2.81. The molecule has 31 heavy (non-hydrogen) atoms. The molecule has 3 rings (SSSR count). The van der Waals surface area contributed by atoms with Crippen LogP contribution in [0, 0.1) is 0 Å². The first-order valence-electron chi connectivity index (χ1n) is 10.6. The fraction of sp³-hybridized carbons (Fsp3) is 0.417. The maximum atomic E-state index is 12.6. The summed E-state index contributed by atoms with van der Waals surface area (Å²) in [5.41, 5.74) is 2.36. The summed E-state index contributed by atoms with van der Waals surface area (Å²) < 4.78 is 9.96. The van der Waals surface area contributed by atoms with E-state index in [1.54, 1.807) is 24.3 Å². The molecule has 0 bridgehead atoms. The van der Waals surface area contributed by atoms with Crippen LogP contribution in [0.5, 0.6) is 5.75 Å². The summed E-state index contributed by atoms with van der Waals surface area (Å²) in [6.45, 7) is 1.94. The van der Waals surface area contributed by atoms with E-state index in [1.165, 1.54) is 7.11 Å². The molecule has 1 fully saturated rings. The Hall–Kier alpha value is -2.90. The van der Waals surface area contributed by atoms with E-state index in [-0.39, 0.29) is 11.9 Å². The smallest absolute Gasteiger partial charge is 0.337 e. The third-order valence-electron chi connectivity index (χ3n) is 5.56. The lowest BCUT2D eigenvalue weighted by Crippen LogP contribution is -2.51. The predicted octanol–water partition coefficient (Wildman–Crippen LogP) is 2.99. The highest BCUT2D eigenvalue weighted by Gasteiger charge is 2.26. The molecule has 2 aromatic carbocycles. The van der Waals surface area contributed by atoms with Gasteiger partial charge < -0.3 is 14.6 Å². The van der Waals surface area contributed by atoms with Crippen molar-refractivity contribution in [3.8, 4) is 5.75 Å². The van der Waals surface area contributed by atoms with E-state index in [4.69, 9.17) is 9.47 Å². The van der Waals surface area contributed by atoms with Crippen molar-refractivity contribution in [2.24, 2.45) is 0 Å². The molecule has 0 saturated carbocycles. The van der Waals surface area contributed by atoms with Gasteiger partial charge in [-0.1, -0.05) is 24.3 Å². The van der Waals surface area contributed by atoms with Gasteiger partial charge in [0.15, 0.2) is 0 Å². The van der Waals surface area contributed by atoms with Crippen molar-refractivity contribution in [1.82, 2.24) is 10.0 Å². The lowest BCUT2D eigenvalue weighted by atomic mass is 10.1. The van der Waals surface area contributed by atoms with Crippen LogP contribution in [0.4, 0.5) is 0 Å². The quantitative estimate of drug-likeness (QED) is 0.621. The van der Waals surface area contributed by atoms with Crippen LogP contribution >= 0.6 is 0 Å². The second-order valence-electron chi connectivity index (χ2n) is 7.59. The van der Waals surface area contributed by atoms with Gasteiger partial charge in [0.2, 0.25) is 5.91 Å². The Labute approximate surface area is 183 Å². The molecule has 1 aliphatic heterocycles. The molecule has 0 aliphatic carbocycles. The highest BCUT2D eigenvalue weighted by Crippen LogP contribution is 2.23. The largest absolute Gasteiger partial charge is 0.497 e. The SMILES string of the molecule is COC(=O)c1ccc(CCN2C(=O)CCCN2CCC(O)c2cccc(OC)c2)cc1. The Balaban J connectivity index is 1.58. The first kappa shape index (κ1) is 22.8. The van der Waals surface area contributed by atoms with Gasteiger partial charge in [0.05, 0.1) is 25.9 Å². The van der Waals surface area contributed by atoms with Gasteiger partial charge in [-0.3, -0.25) is 9.80 Å². The van der Waals surface area contributed by atoms with Gasteiger partial charge in [-0.2, -0.15) is 0 Å². The van der Waals surface area contributed by atoms with Crippen LogP contribution in [0.1, 0.15) is 46.9 Å². The molecule has 0 spiro atoms. The fourth-order valence-corrected chi connectivity index (χ4v) is 3.77. The first-order chi connectivity index (χ1) is 15.0. The number of methoxy groups -OCH3 is 2. The number of amides is 1. The van der Waals surface area contributed by atoms with Gasteiger partial charge in [0, 0.05) is 26.1 Å². The summed E-state index contributed by atoms with van der Waals surface area (Å²) >= 11 is 0. The molecule has 1 aliphatic rings. The normalized spacial score (nSPS) is 15.6. The molecular weight excluding hydrogens is 396 g/mol. The molecule has 166 valence electrons. The maximum Gasteiger partial charge on any atom is 0.337 e. The van der Waals surface area contributed by atoms with E-state index in [0.29, 0.717) is 43.7 Å². The van der Waals surface area contributed by atoms with Gasteiger partial charge >= 0.3 is 5.97 Å². The number of aliphatic hydroxyl groups is 1. The van der Waals surface area contributed by atoms with Crippen LogP contribution < -0.4 is 4.74 Å². The zero-order valence-corrected chi connectivity index (χ0v) is 18.1. The molecular formula is C24H30N2O5. The number of benzene rings is 2. The number of rotatable bonds is 9. The standard InChI is InChI=1S/C24H30N2O5/c1-30-21-6-3-5-20(17-21)22(27)13-15-25-14-4-7-23(28)26(25)16-12-18-8-10-19(11-9-18)24(29)31-2/h3,5-6,8-11,17,22,27H,4,7,12-16H2,1-2H3. The van der Waals surface area contributed by atoms with Crippen molar-refractivity contribution in [1.29, 1.82) is 0 Å². The molecule has 1 heterocycles. The molecule has 1 N–H and O–H groups in total. The summed E-state index contributed by atoms with van der Waals surface area (Å²) in [5.74, 6) is 0.455. The van der Waals surface area contributed by atoms with Crippen LogP contribution in [-0.4, -0.2) is 60.9 Å². The second kappa shape index (κ2) is 10.9. The number of ether oxygens (including phenoxy) is 2. The van der Waals surface area contributed by atoms with E-state index in [2.05, 4.69) is 0 Å². The summed E-state index contributed by atoms with van der Waals surface area (Å²) in [6, 6.07) is 14.7. The fourth-order valence-electron chi connectivity index (χ4n) is 3.77. The van der Waals surface area contributed by atoms with Crippen molar-refractivity contribution in [3.05, 3.63) is 65.2 Å². The minimum Gasteiger partial charge on any atom is -0.497 e. The lowest BCUT2D eigenvalue weighted by Gasteiger charge is -2.39. The molecule has 1 unspecified atom stereocenters. The Morgan fingerprint density at radius 1 is 1.13 bits per heavy atom. The molecule has 0 radical (unpaired) electrons. The molecule has 1 atom stereocenters. The van der Waals surface area contributed by atoms with Crippen molar-refractivity contribution in [2.75, 3.05) is 33.9 Å². The number of nitrogens with zero attached hydrogens (tertiary/aromatic N) is 2. The first-order valence-corrected chi connectivity index (χ1v) is 10.6. The van der Waals surface area contributed by atoms with Crippen molar-refractivity contribution in [3.63, 3.8) is 0 Å². The zero-order chi connectivity index (χ0) is 22.2. The predicted molar refractivity (Wildman–Crippen MR) is 117 cm³/mol. The second-order valence-corrected chi connectivity index (χ2v) is 7.59. The molecule has 7 nitrogen and oxygen atoms in total.